The van der Waals surface area contributed by atoms with Crippen LogP contribution in [0.4, 0.5) is 0 Å². The molecule has 0 spiro atoms. The largest absolute Gasteiger partial charge is 0.493 e. The average Bonchev–Trinajstić information content (AvgIpc) is 3.12. The Labute approximate surface area is 147 Å². The Morgan fingerprint density at radius 2 is 1.44 bits per heavy atom. The summed E-state index contributed by atoms with van der Waals surface area (Å²) in [4.78, 5) is 0. The van der Waals surface area contributed by atoms with Crippen molar-refractivity contribution in [3.8, 4) is 46.7 Å². The van der Waals surface area contributed by atoms with Crippen molar-refractivity contribution in [3.05, 3.63) is 59.7 Å². The van der Waals surface area contributed by atoms with Crippen molar-refractivity contribution < 1.29 is 18.9 Å². The van der Waals surface area contributed by atoms with Crippen molar-refractivity contribution in [3.63, 3.8) is 0 Å². The summed E-state index contributed by atoms with van der Waals surface area (Å²) in [6.45, 7) is 0.262. The van der Waals surface area contributed by atoms with Gasteiger partial charge in [-0.1, -0.05) is 23.7 Å². The summed E-state index contributed by atoms with van der Waals surface area (Å²) in [5.41, 5.74) is 1.70. The summed E-state index contributed by atoms with van der Waals surface area (Å²) in [6.07, 6.45) is 3.41. The Hall–Kier alpha value is -3.50. The van der Waals surface area contributed by atoms with Crippen molar-refractivity contribution in [1.82, 2.24) is 0 Å². The van der Waals surface area contributed by atoms with Crippen LogP contribution in [-0.2, 0) is 0 Å². The maximum absolute atomic E-state index is 5.32. The van der Waals surface area contributed by atoms with Crippen LogP contribution in [0, 0.1) is 23.7 Å². The molecule has 0 N–H and O–H groups in total. The molecule has 0 aliphatic carbocycles. The molecule has 0 bridgehead atoms. The van der Waals surface area contributed by atoms with E-state index < -0.39 is 0 Å². The van der Waals surface area contributed by atoms with Gasteiger partial charge in [-0.15, -0.1) is 0 Å². The van der Waals surface area contributed by atoms with E-state index in [2.05, 4.69) is 23.7 Å². The number of methoxy groups -OCH3 is 2. The highest BCUT2D eigenvalue weighted by Gasteiger charge is 2.12. The lowest BCUT2D eigenvalue weighted by Crippen LogP contribution is -1.92. The van der Waals surface area contributed by atoms with Crippen molar-refractivity contribution in [2.75, 3.05) is 21.0 Å². The first-order chi connectivity index (χ1) is 12.3. The third-order valence-corrected chi connectivity index (χ3v) is 3.44. The number of ether oxygens (including phenoxy) is 4. The van der Waals surface area contributed by atoms with Gasteiger partial charge in [0, 0.05) is 11.1 Å². The molecule has 0 aromatic heterocycles. The first kappa shape index (κ1) is 16.4. The maximum Gasteiger partial charge on any atom is 0.231 e. The fraction of sp³-hybridized carbons (Fsp3) is 0.143. The van der Waals surface area contributed by atoms with Gasteiger partial charge in [-0.25, -0.2) is 0 Å². The summed E-state index contributed by atoms with van der Waals surface area (Å²) in [7, 11) is 3.20. The fourth-order valence-corrected chi connectivity index (χ4v) is 2.22. The molecule has 0 atom stereocenters. The second-order valence-corrected chi connectivity index (χ2v) is 5.01. The average molecular weight is 332 g/mol. The van der Waals surface area contributed by atoms with E-state index in [1.807, 2.05) is 36.4 Å². The van der Waals surface area contributed by atoms with E-state index in [0.717, 1.165) is 22.6 Å². The molecule has 4 nitrogen and oxygen atoms in total. The molecule has 1 aliphatic rings. The van der Waals surface area contributed by atoms with Crippen LogP contribution >= 0.6 is 0 Å². The second kappa shape index (κ2) is 7.86. The van der Waals surface area contributed by atoms with Gasteiger partial charge in [0.15, 0.2) is 23.0 Å². The monoisotopic (exact) mass is 332 g/mol. The summed E-state index contributed by atoms with van der Waals surface area (Å²) in [6, 6.07) is 11.1. The molecule has 3 rings (SSSR count). The summed E-state index contributed by atoms with van der Waals surface area (Å²) < 4.78 is 21.0. The van der Waals surface area contributed by atoms with Gasteiger partial charge >= 0.3 is 0 Å². The minimum atomic E-state index is 0.262. The highest BCUT2D eigenvalue weighted by atomic mass is 16.7. The fourth-order valence-electron chi connectivity index (χ4n) is 2.22. The summed E-state index contributed by atoms with van der Waals surface area (Å²) in [5, 5.41) is 0. The third-order valence-electron chi connectivity index (χ3n) is 3.44. The number of allylic oxidation sites excluding steroid dienone is 2. The minimum absolute atomic E-state index is 0.262. The highest BCUT2D eigenvalue weighted by Crippen LogP contribution is 2.32. The molecule has 4 heteroatoms. The Morgan fingerprint density at radius 3 is 2.16 bits per heavy atom. The van der Waals surface area contributed by atoms with Crippen LogP contribution in [-0.4, -0.2) is 21.0 Å². The second-order valence-electron chi connectivity index (χ2n) is 5.01. The van der Waals surface area contributed by atoms with Crippen molar-refractivity contribution >= 4 is 0 Å². The topological polar surface area (TPSA) is 36.9 Å². The van der Waals surface area contributed by atoms with Crippen LogP contribution in [0.15, 0.2) is 48.6 Å². The van der Waals surface area contributed by atoms with Gasteiger partial charge in [0.25, 0.3) is 0 Å². The molecular weight excluding hydrogens is 316 g/mol. The first-order valence-corrected chi connectivity index (χ1v) is 7.60. The van der Waals surface area contributed by atoms with E-state index in [4.69, 9.17) is 18.9 Å². The quantitative estimate of drug-likeness (QED) is 0.790. The van der Waals surface area contributed by atoms with Gasteiger partial charge in [-0.05, 0) is 48.6 Å². The number of rotatable bonds is 2. The molecule has 0 fully saturated rings. The smallest absolute Gasteiger partial charge is 0.231 e. The van der Waals surface area contributed by atoms with Gasteiger partial charge in [0.1, 0.15) is 0 Å². The van der Waals surface area contributed by atoms with Crippen LogP contribution in [0.3, 0.4) is 0 Å². The van der Waals surface area contributed by atoms with Gasteiger partial charge in [-0.2, -0.15) is 0 Å². The lowest BCUT2D eigenvalue weighted by Gasteiger charge is -2.06. The third kappa shape index (κ3) is 4.07. The molecule has 0 saturated carbocycles. The zero-order valence-corrected chi connectivity index (χ0v) is 14.0. The zero-order chi connectivity index (χ0) is 17.5. The van der Waals surface area contributed by atoms with Crippen LogP contribution < -0.4 is 18.9 Å². The maximum atomic E-state index is 5.32. The Morgan fingerprint density at radius 1 is 0.800 bits per heavy atom. The molecule has 0 amide bonds. The lowest BCUT2D eigenvalue weighted by atomic mass is 10.2. The molecule has 25 heavy (non-hydrogen) atoms. The molecule has 0 radical (unpaired) electrons. The molecule has 2 aromatic carbocycles. The molecule has 124 valence electrons. The summed E-state index contributed by atoms with van der Waals surface area (Å²) >= 11 is 0. The van der Waals surface area contributed by atoms with Crippen molar-refractivity contribution in [2.45, 2.75) is 0 Å². The predicted molar refractivity (Wildman–Crippen MR) is 95.0 cm³/mol. The van der Waals surface area contributed by atoms with Gasteiger partial charge in [-0.3, -0.25) is 0 Å². The van der Waals surface area contributed by atoms with E-state index in [0.29, 0.717) is 11.5 Å². The molecule has 0 unspecified atom stereocenters. The van der Waals surface area contributed by atoms with E-state index in [9.17, 15) is 0 Å². The predicted octanol–water partition coefficient (Wildman–Crippen LogP) is 3.39. The van der Waals surface area contributed by atoms with E-state index in [1.165, 1.54) is 0 Å². The first-order valence-electron chi connectivity index (χ1n) is 7.60. The molecule has 2 aromatic rings. The Balaban J connectivity index is 1.64. The zero-order valence-electron chi connectivity index (χ0n) is 14.0. The highest BCUT2D eigenvalue weighted by molar-refractivity contribution is 5.51. The molecule has 1 heterocycles. The van der Waals surface area contributed by atoms with E-state index in [1.54, 1.807) is 26.4 Å². The van der Waals surface area contributed by atoms with Gasteiger partial charge < -0.3 is 18.9 Å². The minimum Gasteiger partial charge on any atom is -0.493 e. The lowest BCUT2D eigenvalue weighted by molar-refractivity contribution is 0.174. The van der Waals surface area contributed by atoms with Crippen LogP contribution in [0.25, 0.3) is 0 Å². The van der Waals surface area contributed by atoms with Crippen molar-refractivity contribution in [1.29, 1.82) is 0 Å². The normalized spacial score (nSPS) is 11.3. The number of benzene rings is 2. The van der Waals surface area contributed by atoms with Gasteiger partial charge in [0.2, 0.25) is 6.79 Å². The standard InChI is InChI=1S/C21H16O4/c1-22-18-11-9-16(13-20(18)23-2)7-5-3-4-6-8-17-10-12-19-21(14-17)25-15-24-19/h3-4,9-14H,15H2,1-2H3/b4-3-. The van der Waals surface area contributed by atoms with E-state index in [-0.39, 0.29) is 6.79 Å². The number of hydrogen-bond acceptors (Lipinski definition) is 4. The summed E-state index contributed by atoms with van der Waals surface area (Å²) in [5.74, 6) is 14.8. The SMILES string of the molecule is COc1ccc(C#C/C=C\C#Cc2ccc3c(c2)OCO3)cc1OC. The van der Waals surface area contributed by atoms with Crippen LogP contribution in [0.5, 0.6) is 23.0 Å². The van der Waals surface area contributed by atoms with Crippen LogP contribution in [0.1, 0.15) is 11.1 Å². The number of hydrogen-bond donors (Lipinski definition) is 0. The van der Waals surface area contributed by atoms with E-state index >= 15 is 0 Å². The van der Waals surface area contributed by atoms with Gasteiger partial charge in [0.05, 0.1) is 14.2 Å². The number of fused-ring (bicyclic) bond motifs is 1. The van der Waals surface area contributed by atoms with Crippen molar-refractivity contribution in [2.24, 2.45) is 0 Å². The molecule has 0 saturated heterocycles. The molecule has 1 aliphatic heterocycles. The van der Waals surface area contributed by atoms with Crippen LogP contribution in [0.2, 0.25) is 0 Å². The molecular formula is C21H16O4. The Bertz CT molecular complexity index is 920. The Kier molecular flexibility index (Phi) is 5.14.